The Morgan fingerprint density at radius 1 is 1.80 bits per heavy atom. The van der Waals surface area contributed by atoms with Gasteiger partial charge in [-0.25, -0.2) is 0 Å². The highest BCUT2D eigenvalue weighted by Crippen LogP contribution is 1.54. The highest BCUT2D eigenvalue weighted by atomic mass is 35.5. The number of rotatable bonds is 0. The van der Waals surface area contributed by atoms with Crippen molar-refractivity contribution in [3.63, 3.8) is 0 Å². The Bertz CT molecular complexity index is 22.8. The molecule has 0 amide bonds. The molecule has 32 valence electrons. The van der Waals surface area contributed by atoms with E-state index in [1.165, 1.54) is 5.67 Å². The molecular weight excluding hydrogens is 109 g/mol. The lowest BCUT2D eigenvalue weighted by Gasteiger charge is -1.50. The molecule has 0 heterocycles. The Balaban J connectivity index is 0. The van der Waals surface area contributed by atoms with E-state index in [9.17, 15) is 0 Å². The van der Waals surface area contributed by atoms with Crippen molar-refractivity contribution in [1.29, 1.82) is 0 Å². The first-order chi connectivity index (χ1) is 1.91. The highest BCUT2D eigenvalue weighted by Gasteiger charge is 1.36. The molecule has 0 aromatic heterocycles. The van der Waals surface area contributed by atoms with E-state index in [1.54, 1.807) is 7.05 Å². The molecule has 0 saturated heterocycles. The fourth-order valence-corrected chi connectivity index (χ4v) is 0. The average molecular weight is 114 g/mol. The van der Waals surface area contributed by atoms with Gasteiger partial charge in [-0.15, -0.1) is 12.4 Å². The third kappa shape index (κ3) is 13.8. The highest BCUT2D eigenvalue weighted by molar-refractivity contribution is 6.56. The molecule has 0 aliphatic carbocycles. The summed E-state index contributed by atoms with van der Waals surface area (Å²) >= 11 is 4.89. The topological polar surface area (TPSA) is 12.4 Å². The fourth-order valence-electron chi connectivity index (χ4n) is 0. The molecule has 3 heteroatoms. The largest absolute Gasteiger partial charge is 0.284 e. The maximum absolute atomic E-state index is 4.89. The van der Waals surface area contributed by atoms with Gasteiger partial charge in [0.1, 0.15) is 0 Å². The summed E-state index contributed by atoms with van der Waals surface area (Å²) < 4.78 is 0. The second-order valence-corrected chi connectivity index (χ2v) is 0.551. The zero-order valence-corrected chi connectivity index (χ0v) is 4.38. The Labute approximate surface area is 42.5 Å². The van der Waals surface area contributed by atoms with Gasteiger partial charge in [0.25, 0.3) is 0 Å². The van der Waals surface area contributed by atoms with Crippen LogP contribution in [0.15, 0.2) is 4.99 Å². The standard InChI is InChI=1S/C2H4ClN.ClH/c1-4-2-3;/h2H,1H3;1H. The third-order valence-electron chi connectivity index (χ3n) is 0.0976. The van der Waals surface area contributed by atoms with E-state index in [0.29, 0.717) is 0 Å². The van der Waals surface area contributed by atoms with E-state index in [0.717, 1.165) is 0 Å². The van der Waals surface area contributed by atoms with Crippen molar-refractivity contribution in [2.75, 3.05) is 7.05 Å². The second kappa shape index (κ2) is 8.87. The zero-order chi connectivity index (χ0) is 3.41. The number of aliphatic imine (C=N–C) groups is 1. The summed E-state index contributed by atoms with van der Waals surface area (Å²) in [5.74, 6) is 0. The van der Waals surface area contributed by atoms with Crippen LogP contribution in [0.2, 0.25) is 0 Å². The lowest BCUT2D eigenvalue weighted by Crippen LogP contribution is -1.41. The maximum Gasteiger partial charge on any atom is 0.0867 e. The van der Waals surface area contributed by atoms with Crippen LogP contribution >= 0.6 is 24.0 Å². The predicted octanol–water partition coefficient (Wildman–Crippen LogP) is 1.31. The van der Waals surface area contributed by atoms with E-state index in [2.05, 4.69) is 4.99 Å². The van der Waals surface area contributed by atoms with Crippen LogP contribution in [0.1, 0.15) is 0 Å². The van der Waals surface area contributed by atoms with E-state index in [1.807, 2.05) is 0 Å². The SMILES string of the molecule is CN=CCl.Cl. The molecule has 0 spiro atoms. The molecule has 0 aromatic rings. The molecule has 1 nitrogen and oxygen atoms in total. The first-order valence-electron chi connectivity index (χ1n) is 0.924. The van der Waals surface area contributed by atoms with E-state index in [4.69, 9.17) is 11.6 Å². The van der Waals surface area contributed by atoms with Crippen LogP contribution in [0.3, 0.4) is 0 Å². The molecule has 0 fully saturated rings. The number of nitrogens with zero attached hydrogens (tertiary/aromatic N) is 1. The summed E-state index contributed by atoms with van der Waals surface area (Å²) in [6, 6.07) is 0. The van der Waals surface area contributed by atoms with Crippen molar-refractivity contribution in [3.05, 3.63) is 0 Å². The lowest BCUT2D eigenvalue weighted by molar-refractivity contribution is 1.49. The van der Waals surface area contributed by atoms with Gasteiger partial charge in [-0.2, -0.15) is 0 Å². The first-order valence-corrected chi connectivity index (χ1v) is 1.36. The van der Waals surface area contributed by atoms with Crippen molar-refractivity contribution in [1.82, 2.24) is 0 Å². The van der Waals surface area contributed by atoms with Gasteiger partial charge in [0, 0.05) is 7.05 Å². The average Bonchev–Trinajstić information content (AvgIpc) is 1.37. The van der Waals surface area contributed by atoms with Gasteiger partial charge >= 0.3 is 0 Å². The molecule has 0 rings (SSSR count). The molecule has 0 radical (unpaired) electrons. The number of hydrogen-bond acceptors (Lipinski definition) is 1. The Morgan fingerprint density at radius 2 is 2.00 bits per heavy atom. The van der Waals surface area contributed by atoms with Gasteiger partial charge in [-0.1, -0.05) is 11.6 Å². The van der Waals surface area contributed by atoms with E-state index >= 15 is 0 Å². The monoisotopic (exact) mass is 113 g/mol. The Morgan fingerprint density at radius 3 is 2.00 bits per heavy atom. The maximum atomic E-state index is 4.89. The minimum absolute atomic E-state index is 0. The first kappa shape index (κ1) is 8.98. The predicted molar refractivity (Wildman–Crippen MR) is 27.5 cm³/mol. The van der Waals surface area contributed by atoms with Crippen molar-refractivity contribution >= 4 is 29.7 Å². The summed E-state index contributed by atoms with van der Waals surface area (Å²) in [5.41, 5.74) is 1.22. The molecule has 0 aliphatic heterocycles. The Hall–Kier alpha value is 0.250. The van der Waals surface area contributed by atoms with Gasteiger partial charge in [0.2, 0.25) is 0 Å². The van der Waals surface area contributed by atoms with Gasteiger partial charge in [0.15, 0.2) is 0 Å². The van der Waals surface area contributed by atoms with E-state index < -0.39 is 0 Å². The zero-order valence-electron chi connectivity index (χ0n) is 2.81. The number of hydrogen-bond donors (Lipinski definition) is 0. The van der Waals surface area contributed by atoms with E-state index in [-0.39, 0.29) is 12.4 Å². The summed E-state index contributed by atoms with van der Waals surface area (Å²) in [6.07, 6.45) is 0. The second-order valence-electron chi connectivity index (χ2n) is 0.356. The van der Waals surface area contributed by atoms with Crippen LogP contribution < -0.4 is 0 Å². The molecule has 0 atom stereocenters. The molecule has 0 unspecified atom stereocenters. The van der Waals surface area contributed by atoms with Crippen LogP contribution in [0.4, 0.5) is 0 Å². The normalized spacial score (nSPS) is 7.60. The quantitative estimate of drug-likeness (QED) is 0.421. The van der Waals surface area contributed by atoms with Crippen LogP contribution in [-0.4, -0.2) is 12.7 Å². The minimum Gasteiger partial charge on any atom is -0.284 e. The smallest absolute Gasteiger partial charge is 0.0867 e. The minimum atomic E-state index is 0. The fraction of sp³-hybridized carbons (Fsp3) is 0.500. The Kier molecular flexibility index (Phi) is 15.9. The molecule has 0 bridgehead atoms. The molecular formula is C2H5Cl2N. The third-order valence-corrected chi connectivity index (χ3v) is 0.293. The van der Waals surface area contributed by atoms with Crippen molar-refractivity contribution in [2.24, 2.45) is 4.99 Å². The summed E-state index contributed by atoms with van der Waals surface area (Å²) in [4.78, 5) is 3.38. The number of halogens is 2. The van der Waals surface area contributed by atoms with Crippen molar-refractivity contribution in [2.45, 2.75) is 0 Å². The van der Waals surface area contributed by atoms with Crippen LogP contribution in [0.25, 0.3) is 0 Å². The molecule has 0 N–H and O–H groups in total. The molecule has 0 aromatic carbocycles. The van der Waals surface area contributed by atoms with Gasteiger partial charge in [0.05, 0.1) is 5.67 Å². The molecule has 0 saturated carbocycles. The van der Waals surface area contributed by atoms with Crippen LogP contribution in [0, 0.1) is 0 Å². The summed E-state index contributed by atoms with van der Waals surface area (Å²) in [6.45, 7) is 0. The van der Waals surface area contributed by atoms with Crippen molar-refractivity contribution in [3.8, 4) is 0 Å². The van der Waals surface area contributed by atoms with Gasteiger partial charge < -0.3 is 0 Å². The lowest BCUT2D eigenvalue weighted by atomic mass is 11.4. The summed E-state index contributed by atoms with van der Waals surface area (Å²) in [5, 5.41) is 0. The van der Waals surface area contributed by atoms with Crippen LogP contribution in [-0.2, 0) is 0 Å². The van der Waals surface area contributed by atoms with Gasteiger partial charge in [-0.3, -0.25) is 4.99 Å². The van der Waals surface area contributed by atoms with Crippen molar-refractivity contribution < 1.29 is 0 Å². The van der Waals surface area contributed by atoms with Crippen LogP contribution in [0.5, 0.6) is 0 Å². The van der Waals surface area contributed by atoms with Gasteiger partial charge in [-0.05, 0) is 0 Å². The molecule has 0 aliphatic rings. The molecule has 5 heavy (non-hydrogen) atoms. The summed E-state index contributed by atoms with van der Waals surface area (Å²) in [7, 11) is 1.62.